The van der Waals surface area contributed by atoms with E-state index in [1.54, 1.807) is 24.3 Å². The monoisotopic (exact) mass is 425 g/mol. The van der Waals surface area contributed by atoms with Crippen LogP contribution in [0.3, 0.4) is 0 Å². The number of aromatic nitrogens is 1. The average molecular weight is 425 g/mol. The molecule has 0 saturated carbocycles. The summed E-state index contributed by atoms with van der Waals surface area (Å²) in [5, 5.41) is 11.9. The Balaban J connectivity index is 1.66. The Labute approximate surface area is 177 Å². The smallest absolute Gasteiger partial charge is 0.274 e. The summed E-state index contributed by atoms with van der Waals surface area (Å²) in [7, 11) is 0. The zero-order chi connectivity index (χ0) is 21.4. The average Bonchev–Trinajstić information content (AvgIpc) is 2.74. The first-order valence-corrected chi connectivity index (χ1v) is 10.4. The molecular formula is C21H20FN5O2S. The maximum atomic E-state index is 16.1. The van der Waals surface area contributed by atoms with Crippen LogP contribution in [0.2, 0.25) is 0 Å². The van der Waals surface area contributed by atoms with Gasteiger partial charge >= 0.3 is 0 Å². The molecule has 3 atom stereocenters. The number of nitrogens with one attached hydrogen (secondary N) is 1. The number of anilines is 1. The lowest BCUT2D eigenvalue weighted by Gasteiger charge is -2.49. The highest BCUT2D eigenvalue weighted by Crippen LogP contribution is 2.51. The van der Waals surface area contributed by atoms with E-state index in [4.69, 9.17) is 15.7 Å². The van der Waals surface area contributed by atoms with Gasteiger partial charge in [0.15, 0.2) is 10.8 Å². The number of thioether (sulfide) groups is 1. The van der Waals surface area contributed by atoms with Crippen molar-refractivity contribution in [3.8, 4) is 6.07 Å². The van der Waals surface area contributed by atoms with Gasteiger partial charge in [-0.05, 0) is 36.8 Å². The number of nitrogens with zero attached hydrogens (tertiary/aromatic N) is 3. The van der Waals surface area contributed by atoms with Gasteiger partial charge in [0.25, 0.3) is 5.91 Å². The summed E-state index contributed by atoms with van der Waals surface area (Å²) in [5.41, 5.74) is 4.69. The fourth-order valence-electron chi connectivity index (χ4n) is 3.85. The van der Waals surface area contributed by atoms with E-state index in [2.05, 4.69) is 15.3 Å². The van der Waals surface area contributed by atoms with Gasteiger partial charge in [0.05, 0.1) is 18.3 Å². The summed E-state index contributed by atoms with van der Waals surface area (Å²) in [6.07, 6.45) is 1.32. The molecule has 0 aliphatic carbocycles. The Hall–Kier alpha value is -2.96. The van der Waals surface area contributed by atoms with Crippen molar-refractivity contribution in [2.24, 2.45) is 10.7 Å². The molecule has 0 radical (unpaired) electrons. The fourth-order valence-corrected chi connectivity index (χ4v) is 4.80. The number of pyridine rings is 1. The van der Waals surface area contributed by atoms with Crippen LogP contribution in [0.4, 0.5) is 10.1 Å². The van der Waals surface area contributed by atoms with Gasteiger partial charge in [-0.2, -0.15) is 5.26 Å². The minimum absolute atomic E-state index is 0.0699. The molecule has 1 fully saturated rings. The number of nitrogens with two attached hydrogens (primary N) is 1. The van der Waals surface area contributed by atoms with E-state index >= 15 is 4.39 Å². The molecule has 1 amide bonds. The van der Waals surface area contributed by atoms with E-state index in [0.717, 1.165) is 0 Å². The highest BCUT2D eigenvalue weighted by Gasteiger charge is 2.59. The fraction of sp³-hybridized carbons (Fsp3) is 0.333. The number of hydrogen-bond acceptors (Lipinski definition) is 7. The lowest BCUT2D eigenvalue weighted by atomic mass is 9.73. The molecule has 0 spiro atoms. The van der Waals surface area contributed by atoms with Crippen LogP contribution in [0, 0.1) is 11.3 Å². The highest BCUT2D eigenvalue weighted by molar-refractivity contribution is 8.13. The zero-order valence-electron chi connectivity index (χ0n) is 16.3. The minimum Gasteiger partial charge on any atom is -0.379 e. The predicted octanol–water partition coefficient (Wildman–Crippen LogP) is 2.98. The first kappa shape index (κ1) is 20.3. The van der Waals surface area contributed by atoms with Crippen LogP contribution < -0.4 is 11.1 Å². The van der Waals surface area contributed by atoms with Gasteiger partial charge in [0.1, 0.15) is 17.3 Å². The summed E-state index contributed by atoms with van der Waals surface area (Å²) in [4.78, 5) is 21.0. The second-order valence-corrected chi connectivity index (χ2v) is 8.46. The molecule has 2 aliphatic rings. The van der Waals surface area contributed by atoms with Gasteiger partial charge in [-0.25, -0.2) is 14.4 Å². The van der Waals surface area contributed by atoms with E-state index in [1.165, 1.54) is 30.1 Å². The van der Waals surface area contributed by atoms with Crippen LogP contribution in [-0.4, -0.2) is 40.2 Å². The van der Waals surface area contributed by atoms with Gasteiger partial charge < -0.3 is 15.8 Å². The van der Waals surface area contributed by atoms with Crippen molar-refractivity contribution in [1.29, 1.82) is 5.26 Å². The number of aliphatic imine (C=N–C) groups is 1. The molecule has 30 heavy (non-hydrogen) atoms. The summed E-state index contributed by atoms with van der Waals surface area (Å²) in [5.74, 6) is -0.238. The number of nitriles is 1. The molecular weight excluding hydrogens is 405 g/mol. The largest absolute Gasteiger partial charge is 0.379 e. The van der Waals surface area contributed by atoms with Crippen molar-refractivity contribution in [2.45, 2.75) is 30.7 Å². The van der Waals surface area contributed by atoms with E-state index in [-0.39, 0.29) is 30.6 Å². The van der Waals surface area contributed by atoms with Crippen LogP contribution in [0.5, 0.6) is 0 Å². The number of rotatable bonds is 3. The molecule has 1 saturated heterocycles. The quantitative estimate of drug-likeness (QED) is 0.782. The van der Waals surface area contributed by atoms with Crippen molar-refractivity contribution < 1.29 is 13.9 Å². The number of amides is 1. The number of carbonyl (C=O) groups is 1. The minimum atomic E-state index is -1.62. The summed E-state index contributed by atoms with van der Waals surface area (Å²) in [6.45, 7) is 1.92. The predicted molar refractivity (Wildman–Crippen MR) is 113 cm³/mol. The topological polar surface area (TPSA) is 113 Å². The lowest BCUT2D eigenvalue weighted by molar-refractivity contribution is -0.106. The van der Waals surface area contributed by atoms with Crippen molar-refractivity contribution >= 4 is 28.5 Å². The van der Waals surface area contributed by atoms with Gasteiger partial charge in [-0.1, -0.05) is 23.9 Å². The third-order valence-corrected chi connectivity index (χ3v) is 6.39. The van der Waals surface area contributed by atoms with Crippen LogP contribution >= 0.6 is 11.8 Å². The van der Waals surface area contributed by atoms with Gasteiger partial charge in [0.2, 0.25) is 0 Å². The first-order chi connectivity index (χ1) is 14.3. The number of alkyl halides is 1. The Morgan fingerprint density at radius 3 is 3.00 bits per heavy atom. The molecule has 7 nitrogen and oxygen atoms in total. The molecule has 154 valence electrons. The first-order valence-electron chi connectivity index (χ1n) is 9.42. The molecule has 2 aliphatic heterocycles. The number of fused-ring (bicyclic) bond motifs is 1. The number of halogens is 1. The molecule has 4 rings (SSSR count). The number of hydrogen-bond donors (Lipinski definition) is 2. The highest BCUT2D eigenvalue weighted by atomic mass is 32.2. The van der Waals surface area contributed by atoms with Crippen LogP contribution in [0.15, 0.2) is 47.6 Å². The Morgan fingerprint density at radius 1 is 1.43 bits per heavy atom. The Kier molecular flexibility index (Phi) is 5.22. The third-order valence-electron chi connectivity index (χ3n) is 5.40. The van der Waals surface area contributed by atoms with E-state index in [0.29, 0.717) is 22.0 Å². The molecule has 0 bridgehead atoms. The molecule has 1 aromatic carbocycles. The number of benzene rings is 1. The molecule has 1 aromatic heterocycles. The van der Waals surface area contributed by atoms with Gasteiger partial charge in [-0.15, -0.1) is 0 Å². The van der Waals surface area contributed by atoms with Gasteiger partial charge in [0, 0.05) is 24.1 Å². The maximum absolute atomic E-state index is 16.1. The van der Waals surface area contributed by atoms with Crippen molar-refractivity contribution in [3.63, 3.8) is 0 Å². The van der Waals surface area contributed by atoms with E-state index in [9.17, 15) is 4.79 Å². The van der Waals surface area contributed by atoms with Crippen molar-refractivity contribution in [3.05, 3.63) is 59.4 Å². The second-order valence-electron chi connectivity index (χ2n) is 7.47. The van der Waals surface area contributed by atoms with Crippen LogP contribution in [-0.2, 0) is 10.3 Å². The SMILES string of the molecule is C[C@H]1C[C@@]2(F)CSC(N)=N[C@@]2(c2cccc(NC(=O)c3ccc(C#N)cn3)c2)CO1. The van der Waals surface area contributed by atoms with Crippen LogP contribution in [0.1, 0.15) is 35.0 Å². The van der Waals surface area contributed by atoms with Crippen LogP contribution in [0.25, 0.3) is 0 Å². The molecule has 9 heteroatoms. The zero-order valence-corrected chi connectivity index (χ0v) is 17.1. The Bertz CT molecular complexity index is 1050. The third kappa shape index (κ3) is 3.53. The summed E-state index contributed by atoms with van der Waals surface area (Å²) >= 11 is 1.21. The Morgan fingerprint density at radius 2 is 2.27 bits per heavy atom. The van der Waals surface area contributed by atoms with E-state index in [1.807, 2.05) is 13.0 Å². The van der Waals surface area contributed by atoms with E-state index < -0.39 is 17.1 Å². The molecule has 3 heterocycles. The number of amidine groups is 1. The van der Waals surface area contributed by atoms with Crippen molar-refractivity contribution in [1.82, 2.24) is 4.98 Å². The molecule has 0 unspecified atom stereocenters. The number of carbonyl (C=O) groups excluding carboxylic acids is 1. The lowest BCUT2D eigenvalue weighted by Crippen LogP contribution is -2.60. The normalized spacial score (nSPS) is 28.0. The standard InChI is InChI=1S/C21H20FN5O2S/c1-13-8-20(22)12-30-19(24)27-21(20,11-29-13)15-3-2-4-16(7-15)26-18(28)17-6-5-14(9-23)10-25-17/h2-7,10,13H,8,11-12H2,1H3,(H2,24,27)(H,26,28)/t13-,20+,21+/m0/s1. The summed E-state index contributed by atoms with van der Waals surface area (Å²) < 4.78 is 21.9. The van der Waals surface area contributed by atoms with Crippen molar-refractivity contribution in [2.75, 3.05) is 17.7 Å². The maximum Gasteiger partial charge on any atom is 0.274 e. The molecule has 3 N–H and O–H groups in total. The second kappa shape index (κ2) is 7.70. The number of ether oxygens (including phenoxy) is 1. The molecule has 2 aromatic rings. The van der Waals surface area contributed by atoms with Gasteiger partial charge in [-0.3, -0.25) is 4.79 Å². The summed E-state index contributed by atoms with van der Waals surface area (Å²) in [6, 6.07) is 11.9.